The van der Waals surface area contributed by atoms with Gasteiger partial charge in [-0.25, -0.2) is 9.97 Å². The molecule has 5 heteroatoms. The molecule has 4 nitrogen and oxygen atoms in total. The SMILES string of the molecule is Cc1nc(Cl)c(C)c(N(C)CCCCCO)n1. The van der Waals surface area contributed by atoms with Crippen LogP contribution in [0.5, 0.6) is 0 Å². The minimum absolute atomic E-state index is 0.265. The van der Waals surface area contributed by atoms with Crippen LogP contribution in [0.25, 0.3) is 0 Å². The van der Waals surface area contributed by atoms with Gasteiger partial charge in [-0.3, -0.25) is 0 Å². The monoisotopic (exact) mass is 257 g/mol. The number of aromatic nitrogens is 2. The second kappa shape index (κ2) is 6.77. The predicted octanol–water partition coefficient (Wildman–Crippen LogP) is 2.35. The Balaban J connectivity index is 2.65. The van der Waals surface area contributed by atoms with Gasteiger partial charge in [0.05, 0.1) is 0 Å². The van der Waals surface area contributed by atoms with Gasteiger partial charge in [-0.2, -0.15) is 0 Å². The van der Waals surface area contributed by atoms with Crippen LogP contribution in [-0.4, -0.2) is 35.3 Å². The van der Waals surface area contributed by atoms with Gasteiger partial charge in [-0.05, 0) is 33.1 Å². The van der Waals surface area contributed by atoms with E-state index < -0.39 is 0 Å². The summed E-state index contributed by atoms with van der Waals surface area (Å²) in [4.78, 5) is 10.6. The van der Waals surface area contributed by atoms with Crippen molar-refractivity contribution in [3.8, 4) is 0 Å². The van der Waals surface area contributed by atoms with Crippen molar-refractivity contribution in [2.45, 2.75) is 33.1 Å². The smallest absolute Gasteiger partial charge is 0.137 e. The summed E-state index contributed by atoms with van der Waals surface area (Å²) >= 11 is 6.04. The lowest BCUT2D eigenvalue weighted by Crippen LogP contribution is -2.21. The van der Waals surface area contributed by atoms with Gasteiger partial charge >= 0.3 is 0 Å². The molecule has 0 aliphatic heterocycles. The van der Waals surface area contributed by atoms with Crippen molar-refractivity contribution in [3.63, 3.8) is 0 Å². The fourth-order valence-corrected chi connectivity index (χ4v) is 1.90. The lowest BCUT2D eigenvalue weighted by Gasteiger charge is -2.20. The van der Waals surface area contributed by atoms with Crippen LogP contribution in [0.4, 0.5) is 5.82 Å². The van der Waals surface area contributed by atoms with E-state index in [-0.39, 0.29) is 6.61 Å². The van der Waals surface area contributed by atoms with Crippen molar-refractivity contribution in [1.29, 1.82) is 0 Å². The van der Waals surface area contributed by atoms with Gasteiger partial charge in [0.15, 0.2) is 0 Å². The van der Waals surface area contributed by atoms with Crippen molar-refractivity contribution in [3.05, 3.63) is 16.5 Å². The summed E-state index contributed by atoms with van der Waals surface area (Å²) in [6.07, 6.45) is 2.92. The molecule has 1 heterocycles. The third-order valence-electron chi connectivity index (χ3n) is 2.69. The molecule has 1 rings (SSSR count). The first-order valence-corrected chi connectivity index (χ1v) is 6.26. The average molecular weight is 258 g/mol. The minimum Gasteiger partial charge on any atom is -0.396 e. The number of nitrogens with zero attached hydrogens (tertiary/aromatic N) is 3. The average Bonchev–Trinajstić information content (AvgIpc) is 2.29. The standard InChI is InChI=1S/C12H20ClN3O/c1-9-11(13)14-10(2)15-12(9)16(3)7-5-4-6-8-17/h17H,4-8H2,1-3H3. The Kier molecular flexibility index (Phi) is 5.65. The van der Waals surface area contributed by atoms with Crippen LogP contribution in [0, 0.1) is 13.8 Å². The highest BCUT2D eigenvalue weighted by molar-refractivity contribution is 6.30. The lowest BCUT2D eigenvalue weighted by atomic mass is 10.2. The third kappa shape index (κ3) is 4.13. The number of halogens is 1. The largest absolute Gasteiger partial charge is 0.396 e. The highest BCUT2D eigenvalue weighted by Crippen LogP contribution is 2.22. The van der Waals surface area contributed by atoms with Crippen LogP contribution < -0.4 is 4.90 Å². The van der Waals surface area contributed by atoms with Crippen molar-refractivity contribution >= 4 is 17.4 Å². The summed E-state index contributed by atoms with van der Waals surface area (Å²) in [5, 5.41) is 9.24. The van der Waals surface area contributed by atoms with Crippen LogP contribution >= 0.6 is 11.6 Å². The molecule has 1 aromatic rings. The van der Waals surface area contributed by atoms with Crippen molar-refractivity contribution < 1.29 is 5.11 Å². The van der Waals surface area contributed by atoms with Gasteiger partial charge in [-0.1, -0.05) is 11.6 Å². The summed E-state index contributed by atoms with van der Waals surface area (Å²) in [5.41, 5.74) is 0.918. The highest BCUT2D eigenvalue weighted by Gasteiger charge is 2.11. The third-order valence-corrected chi connectivity index (χ3v) is 3.05. The van der Waals surface area contributed by atoms with Crippen LogP contribution in [0.1, 0.15) is 30.7 Å². The first-order chi connectivity index (χ1) is 8.06. The van der Waals surface area contributed by atoms with Crippen molar-refractivity contribution in [2.75, 3.05) is 25.1 Å². The van der Waals surface area contributed by atoms with E-state index in [1.807, 2.05) is 20.9 Å². The quantitative estimate of drug-likeness (QED) is 0.628. The summed E-state index contributed by atoms with van der Waals surface area (Å²) in [6, 6.07) is 0. The predicted molar refractivity (Wildman–Crippen MR) is 70.7 cm³/mol. The maximum atomic E-state index is 8.71. The molecule has 0 saturated carbocycles. The molecule has 0 amide bonds. The maximum absolute atomic E-state index is 8.71. The summed E-state index contributed by atoms with van der Waals surface area (Å²) in [7, 11) is 2.00. The van der Waals surface area contributed by atoms with E-state index in [4.69, 9.17) is 16.7 Å². The van der Waals surface area contributed by atoms with Gasteiger partial charge in [0.2, 0.25) is 0 Å². The number of hydrogen-bond acceptors (Lipinski definition) is 4. The topological polar surface area (TPSA) is 49.2 Å². The van der Waals surface area contributed by atoms with E-state index in [2.05, 4.69) is 14.9 Å². The molecule has 0 saturated heterocycles. The van der Waals surface area contributed by atoms with Gasteiger partial charge in [0, 0.05) is 25.8 Å². The second-order valence-electron chi connectivity index (χ2n) is 4.22. The molecular formula is C12H20ClN3O. The van der Waals surface area contributed by atoms with Crippen LogP contribution in [0.15, 0.2) is 0 Å². The summed E-state index contributed by atoms with van der Waals surface area (Å²) in [6.45, 7) is 4.95. The van der Waals surface area contributed by atoms with Crippen molar-refractivity contribution in [1.82, 2.24) is 9.97 Å². The molecule has 96 valence electrons. The molecule has 0 unspecified atom stereocenters. The molecular weight excluding hydrogens is 238 g/mol. The molecule has 1 aromatic heterocycles. The Labute approximate surface area is 108 Å². The highest BCUT2D eigenvalue weighted by atomic mass is 35.5. The number of anilines is 1. The van der Waals surface area contributed by atoms with Gasteiger partial charge in [0.1, 0.15) is 16.8 Å². The fourth-order valence-electron chi connectivity index (χ4n) is 1.70. The van der Waals surface area contributed by atoms with Gasteiger partial charge in [0.25, 0.3) is 0 Å². The molecule has 0 bridgehead atoms. The normalized spacial score (nSPS) is 10.6. The van der Waals surface area contributed by atoms with E-state index in [9.17, 15) is 0 Å². The maximum Gasteiger partial charge on any atom is 0.137 e. The number of unbranched alkanes of at least 4 members (excludes halogenated alkanes) is 2. The molecule has 0 aliphatic rings. The van der Waals surface area contributed by atoms with E-state index >= 15 is 0 Å². The first-order valence-electron chi connectivity index (χ1n) is 5.89. The zero-order valence-electron chi connectivity index (χ0n) is 10.7. The molecule has 0 spiro atoms. The fraction of sp³-hybridized carbons (Fsp3) is 0.667. The Morgan fingerprint density at radius 2 is 1.88 bits per heavy atom. The Morgan fingerprint density at radius 3 is 2.53 bits per heavy atom. The van der Waals surface area contributed by atoms with E-state index in [1.165, 1.54) is 0 Å². The van der Waals surface area contributed by atoms with E-state index in [0.717, 1.165) is 37.2 Å². The van der Waals surface area contributed by atoms with Gasteiger partial charge < -0.3 is 10.0 Å². The number of aliphatic hydroxyl groups excluding tert-OH is 1. The Morgan fingerprint density at radius 1 is 1.18 bits per heavy atom. The molecule has 0 aromatic carbocycles. The van der Waals surface area contributed by atoms with E-state index in [0.29, 0.717) is 11.0 Å². The number of hydrogen-bond donors (Lipinski definition) is 1. The number of rotatable bonds is 6. The summed E-state index contributed by atoms with van der Waals surface area (Å²) < 4.78 is 0. The first kappa shape index (κ1) is 14.2. The van der Waals surface area contributed by atoms with Crippen molar-refractivity contribution in [2.24, 2.45) is 0 Å². The molecule has 17 heavy (non-hydrogen) atoms. The molecule has 0 atom stereocenters. The molecule has 0 aliphatic carbocycles. The van der Waals surface area contributed by atoms with E-state index in [1.54, 1.807) is 0 Å². The number of aliphatic hydroxyl groups is 1. The second-order valence-corrected chi connectivity index (χ2v) is 4.57. The lowest BCUT2D eigenvalue weighted by molar-refractivity contribution is 0.283. The van der Waals surface area contributed by atoms with Crippen LogP contribution in [0.2, 0.25) is 5.15 Å². The van der Waals surface area contributed by atoms with Crippen LogP contribution in [-0.2, 0) is 0 Å². The Hall–Kier alpha value is -0.870. The zero-order valence-corrected chi connectivity index (χ0v) is 11.5. The molecule has 0 radical (unpaired) electrons. The molecule has 1 N–H and O–H groups in total. The summed E-state index contributed by atoms with van der Waals surface area (Å²) in [5.74, 6) is 1.59. The van der Waals surface area contributed by atoms with Gasteiger partial charge in [-0.15, -0.1) is 0 Å². The number of aryl methyl sites for hydroxylation is 1. The zero-order chi connectivity index (χ0) is 12.8. The molecule has 0 fully saturated rings. The Bertz CT molecular complexity index is 371. The van der Waals surface area contributed by atoms with Crippen LogP contribution in [0.3, 0.4) is 0 Å². The minimum atomic E-state index is 0.265.